The summed E-state index contributed by atoms with van der Waals surface area (Å²) in [6, 6.07) is 8.08. The second-order valence-electron chi connectivity index (χ2n) is 16.2. The Kier molecular flexibility index (Phi) is 8.81. The standard InChI is InChI=1S/C36H55NO4/c1-22-16-25(32(3,4)5)30(39)27(18-22)36(13,28-19-23(2)17-26(31(28)40)33(6,7)8)15-14-29(38)41-24-20-34(9,10)37-35(11,12)21-24/h16-19,24,37,39-40H,14-15,20-21H2,1-13H3. The van der Waals surface area contributed by atoms with Crippen LogP contribution < -0.4 is 5.32 Å². The van der Waals surface area contributed by atoms with Gasteiger partial charge in [0.25, 0.3) is 0 Å². The first kappa shape index (κ1) is 33.0. The SMILES string of the molecule is Cc1cc(C(C)(C)C)c(O)c(C(C)(CCC(=O)OC2CC(C)(C)NC(C)(C)C2)c2cc(C)cc(C(C)(C)C)c2O)c1. The summed E-state index contributed by atoms with van der Waals surface area (Å²) in [6.07, 6.45) is 1.88. The van der Waals surface area contributed by atoms with E-state index >= 15 is 0 Å². The van der Waals surface area contributed by atoms with Crippen molar-refractivity contribution in [1.82, 2.24) is 5.32 Å². The van der Waals surface area contributed by atoms with E-state index in [0.29, 0.717) is 6.42 Å². The van der Waals surface area contributed by atoms with Crippen molar-refractivity contribution >= 4 is 5.97 Å². The number of ether oxygens (including phenoxy) is 1. The number of carbonyl (C=O) groups is 1. The zero-order valence-electron chi connectivity index (χ0n) is 27.9. The number of aryl methyl sites for hydroxylation is 2. The van der Waals surface area contributed by atoms with Gasteiger partial charge in [-0.15, -0.1) is 0 Å². The Bertz CT molecular complexity index is 1200. The first-order valence-electron chi connectivity index (χ1n) is 15.1. The van der Waals surface area contributed by atoms with Crippen molar-refractivity contribution in [3.8, 4) is 11.5 Å². The molecule has 0 amide bonds. The molecule has 1 aliphatic rings. The molecule has 0 radical (unpaired) electrons. The monoisotopic (exact) mass is 565 g/mol. The predicted molar refractivity (Wildman–Crippen MR) is 169 cm³/mol. The Morgan fingerprint density at radius 3 is 1.51 bits per heavy atom. The van der Waals surface area contributed by atoms with E-state index < -0.39 is 5.41 Å². The number of aromatic hydroxyl groups is 2. The molecule has 0 atom stereocenters. The lowest BCUT2D eigenvalue weighted by atomic mass is 9.68. The van der Waals surface area contributed by atoms with Crippen LogP contribution in [0.15, 0.2) is 24.3 Å². The highest BCUT2D eigenvalue weighted by molar-refractivity contribution is 5.70. The molecule has 2 aromatic carbocycles. The number of phenolic OH excluding ortho intramolecular Hbond substituents is 2. The first-order valence-corrected chi connectivity index (χ1v) is 15.1. The number of benzene rings is 2. The molecule has 0 saturated carbocycles. The Balaban J connectivity index is 2.11. The van der Waals surface area contributed by atoms with Crippen LogP contribution in [0, 0.1) is 13.8 Å². The van der Waals surface area contributed by atoms with Crippen LogP contribution >= 0.6 is 0 Å². The molecule has 1 saturated heterocycles. The molecule has 0 unspecified atom stereocenters. The van der Waals surface area contributed by atoms with E-state index in [4.69, 9.17) is 4.74 Å². The molecular formula is C36H55NO4. The Morgan fingerprint density at radius 2 is 1.15 bits per heavy atom. The average Bonchev–Trinajstić information content (AvgIpc) is 2.76. The van der Waals surface area contributed by atoms with Crippen molar-refractivity contribution in [2.24, 2.45) is 0 Å². The molecule has 1 heterocycles. The van der Waals surface area contributed by atoms with Crippen LogP contribution in [0.5, 0.6) is 11.5 Å². The molecule has 0 spiro atoms. The van der Waals surface area contributed by atoms with Crippen LogP contribution in [0.4, 0.5) is 0 Å². The lowest BCUT2D eigenvalue weighted by Crippen LogP contribution is -2.59. The van der Waals surface area contributed by atoms with E-state index in [2.05, 4.69) is 74.6 Å². The third-order valence-corrected chi connectivity index (χ3v) is 8.59. The second-order valence-corrected chi connectivity index (χ2v) is 16.2. The van der Waals surface area contributed by atoms with E-state index in [1.54, 1.807) is 0 Å². The average molecular weight is 566 g/mol. The van der Waals surface area contributed by atoms with Gasteiger partial charge < -0.3 is 20.3 Å². The minimum Gasteiger partial charge on any atom is -0.507 e. The Labute approximate surface area is 249 Å². The van der Waals surface area contributed by atoms with Crippen LogP contribution in [-0.4, -0.2) is 33.4 Å². The second kappa shape index (κ2) is 10.9. The maximum absolute atomic E-state index is 13.4. The van der Waals surface area contributed by atoms with Gasteiger partial charge >= 0.3 is 5.97 Å². The third-order valence-electron chi connectivity index (χ3n) is 8.59. The van der Waals surface area contributed by atoms with E-state index in [-0.39, 0.29) is 51.9 Å². The summed E-state index contributed by atoms with van der Waals surface area (Å²) in [5.74, 6) is 0.194. The number of piperidine rings is 1. The Morgan fingerprint density at radius 1 is 0.780 bits per heavy atom. The summed E-state index contributed by atoms with van der Waals surface area (Å²) in [7, 11) is 0. The van der Waals surface area contributed by atoms with Crippen molar-refractivity contribution in [2.45, 2.75) is 149 Å². The molecule has 0 bridgehead atoms. The fourth-order valence-corrected chi connectivity index (χ4v) is 6.87. The molecule has 1 aliphatic heterocycles. The van der Waals surface area contributed by atoms with Crippen molar-refractivity contribution in [3.05, 3.63) is 57.6 Å². The number of carbonyl (C=O) groups excluding carboxylic acids is 1. The van der Waals surface area contributed by atoms with Crippen molar-refractivity contribution in [2.75, 3.05) is 0 Å². The van der Waals surface area contributed by atoms with E-state index in [9.17, 15) is 15.0 Å². The van der Waals surface area contributed by atoms with Gasteiger partial charge in [-0.05, 0) is 69.9 Å². The van der Waals surface area contributed by atoms with Gasteiger partial charge in [0.2, 0.25) is 0 Å². The molecule has 2 aromatic rings. The highest BCUT2D eigenvalue weighted by Crippen LogP contribution is 2.50. The largest absolute Gasteiger partial charge is 0.507 e. The topological polar surface area (TPSA) is 78.8 Å². The zero-order chi connectivity index (χ0) is 31.3. The predicted octanol–water partition coefficient (Wildman–Crippen LogP) is 8.25. The smallest absolute Gasteiger partial charge is 0.306 e. The first-order chi connectivity index (χ1) is 18.4. The van der Waals surface area contributed by atoms with E-state index in [1.165, 1.54) is 0 Å². The van der Waals surface area contributed by atoms with Crippen LogP contribution in [0.25, 0.3) is 0 Å². The number of phenols is 2. The fourth-order valence-electron chi connectivity index (χ4n) is 6.87. The summed E-state index contributed by atoms with van der Waals surface area (Å²) in [4.78, 5) is 13.4. The lowest BCUT2D eigenvalue weighted by molar-refractivity contribution is -0.153. The lowest BCUT2D eigenvalue weighted by Gasteiger charge is -2.46. The van der Waals surface area contributed by atoms with Gasteiger partial charge in [-0.2, -0.15) is 0 Å². The molecular weight excluding hydrogens is 510 g/mol. The summed E-state index contributed by atoms with van der Waals surface area (Å²) in [5.41, 5.74) is 3.52. The van der Waals surface area contributed by atoms with Crippen LogP contribution in [-0.2, 0) is 25.8 Å². The molecule has 3 rings (SSSR count). The highest BCUT2D eigenvalue weighted by atomic mass is 16.5. The maximum atomic E-state index is 13.4. The Hall–Kier alpha value is -2.53. The normalized spacial score (nSPS) is 17.9. The van der Waals surface area contributed by atoms with Crippen LogP contribution in [0.2, 0.25) is 0 Å². The number of nitrogens with one attached hydrogen (secondary N) is 1. The minimum atomic E-state index is -0.849. The highest BCUT2D eigenvalue weighted by Gasteiger charge is 2.41. The third kappa shape index (κ3) is 7.46. The van der Waals surface area contributed by atoms with Gasteiger partial charge in [-0.3, -0.25) is 4.79 Å². The molecule has 5 nitrogen and oxygen atoms in total. The van der Waals surface area contributed by atoms with Gasteiger partial charge in [0.15, 0.2) is 0 Å². The van der Waals surface area contributed by atoms with Crippen molar-refractivity contribution < 1.29 is 19.7 Å². The molecule has 3 N–H and O–H groups in total. The summed E-state index contributed by atoms with van der Waals surface area (Å²) >= 11 is 0. The fraction of sp³-hybridized carbons (Fsp3) is 0.639. The quantitative estimate of drug-likeness (QED) is 0.307. The number of esters is 1. The zero-order valence-corrected chi connectivity index (χ0v) is 27.9. The number of rotatable bonds is 6. The molecule has 228 valence electrons. The van der Waals surface area contributed by atoms with Gasteiger partial charge in [-0.1, -0.05) is 83.9 Å². The summed E-state index contributed by atoms with van der Waals surface area (Å²) < 4.78 is 6.09. The van der Waals surface area contributed by atoms with Crippen LogP contribution in [0.3, 0.4) is 0 Å². The number of hydrogen-bond donors (Lipinski definition) is 3. The number of hydrogen-bond acceptors (Lipinski definition) is 5. The van der Waals surface area contributed by atoms with Crippen molar-refractivity contribution in [1.29, 1.82) is 0 Å². The van der Waals surface area contributed by atoms with Gasteiger partial charge in [0, 0.05) is 46.9 Å². The van der Waals surface area contributed by atoms with Gasteiger partial charge in [0.1, 0.15) is 17.6 Å². The molecule has 5 heteroatoms. The van der Waals surface area contributed by atoms with Crippen molar-refractivity contribution in [3.63, 3.8) is 0 Å². The van der Waals surface area contributed by atoms with E-state index in [1.807, 2.05) is 45.0 Å². The van der Waals surface area contributed by atoms with Crippen LogP contribution in [0.1, 0.15) is 135 Å². The minimum absolute atomic E-state index is 0.130. The molecule has 41 heavy (non-hydrogen) atoms. The molecule has 0 aliphatic carbocycles. The summed E-state index contributed by atoms with van der Waals surface area (Å²) in [6.45, 7) is 27.2. The van der Waals surface area contributed by atoms with Gasteiger partial charge in [0.05, 0.1) is 0 Å². The summed E-state index contributed by atoms with van der Waals surface area (Å²) in [5, 5.41) is 27.2. The van der Waals surface area contributed by atoms with E-state index in [0.717, 1.165) is 46.2 Å². The molecule has 0 aromatic heterocycles. The molecule has 1 fully saturated rings. The maximum Gasteiger partial charge on any atom is 0.306 e. The van der Waals surface area contributed by atoms with Gasteiger partial charge in [-0.25, -0.2) is 0 Å².